The van der Waals surface area contributed by atoms with E-state index in [1.54, 1.807) is 34.6 Å². The van der Waals surface area contributed by atoms with Crippen LogP contribution in [0.1, 0.15) is 54.4 Å². The molecule has 0 aromatic carbocycles. The standard InChI is InChI=1S/C16H29NO6/c1-7-10-11-17(15(20)23-16(4,5)6)12(13(18)21-8-2)14(19)22-9-3/h12H,7-11H2,1-6H3. The molecular formula is C16H29NO6. The molecule has 0 aliphatic carbocycles. The average molecular weight is 331 g/mol. The zero-order valence-corrected chi connectivity index (χ0v) is 15.0. The van der Waals surface area contributed by atoms with Gasteiger partial charge >= 0.3 is 18.0 Å². The number of ether oxygens (including phenoxy) is 3. The number of esters is 2. The molecule has 0 rings (SSSR count). The summed E-state index contributed by atoms with van der Waals surface area (Å²) in [5.74, 6) is -1.62. The number of nitrogens with zero attached hydrogens (tertiary/aromatic N) is 1. The Morgan fingerprint density at radius 1 is 0.957 bits per heavy atom. The topological polar surface area (TPSA) is 82.1 Å². The molecule has 0 aliphatic rings. The van der Waals surface area contributed by atoms with E-state index in [9.17, 15) is 14.4 Å². The lowest BCUT2D eigenvalue weighted by atomic mass is 10.2. The molecule has 0 atom stereocenters. The number of rotatable bonds is 8. The summed E-state index contributed by atoms with van der Waals surface area (Å²) in [6, 6.07) is -1.45. The molecule has 0 spiro atoms. The molecule has 0 saturated heterocycles. The fourth-order valence-corrected chi connectivity index (χ4v) is 1.77. The van der Waals surface area contributed by atoms with E-state index in [0.717, 1.165) is 11.3 Å². The first-order valence-electron chi connectivity index (χ1n) is 8.00. The molecule has 0 heterocycles. The van der Waals surface area contributed by atoms with Gasteiger partial charge in [0.2, 0.25) is 6.04 Å². The van der Waals surface area contributed by atoms with Crippen molar-refractivity contribution in [3.63, 3.8) is 0 Å². The van der Waals surface area contributed by atoms with E-state index in [-0.39, 0.29) is 19.8 Å². The second-order valence-corrected chi connectivity index (χ2v) is 5.93. The monoisotopic (exact) mass is 331 g/mol. The Hall–Kier alpha value is -1.79. The van der Waals surface area contributed by atoms with Crippen LogP contribution < -0.4 is 0 Å². The highest BCUT2D eigenvalue weighted by Gasteiger charge is 2.40. The van der Waals surface area contributed by atoms with Crippen LogP contribution in [0.15, 0.2) is 0 Å². The normalized spacial score (nSPS) is 11.1. The van der Waals surface area contributed by atoms with E-state index in [4.69, 9.17) is 14.2 Å². The van der Waals surface area contributed by atoms with Crippen LogP contribution >= 0.6 is 0 Å². The van der Waals surface area contributed by atoms with Gasteiger partial charge in [-0.25, -0.2) is 14.4 Å². The predicted octanol–water partition coefficient (Wildman–Crippen LogP) is 2.52. The van der Waals surface area contributed by atoms with Crippen LogP contribution in [0, 0.1) is 0 Å². The minimum Gasteiger partial charge on any atom is -0.464 e. The van der Waals surface area contributed by atoms with Crippen molar-refractivity contribution in [3.05, 3.63) is 0 Å². The van der Waals surface area contributed by atoms with Crippen molar-refractivity contribution in [1.82, 2.24) is 4.90 Å². The zero-order chi connectivity index (χ0) is 18.0. The van der Waals surface area contributed by atoms with Crippen molar-refractivity contribution in [2.75, 3.05) is 19.8 Å². The molecule has 0 aliphatic heterocycles. The summed E-state index contributed by atoms with van der Waals surface area (Å²) in [6.45, 7) is 10.7. The van der Waals surface area contributed by atoms with Crippen LogP contribution in [-0.4, -0.2) is 54.3 Å². The van der Waals surface area contributed by atoms with Crippen molar-refractivity contribution in [2.24, 2.45) is 0 Å². The van der Waals surface area contributed by atoms with Crippen LogP contribution in [0.2, 0.25) is 0 Å². The first-order chi connectivity index (χ1) is 10.7. The van der Waals surface area contributed by atoms with Crippen molar-refractivity contribution in [1.29, 1.82) is 0 Å². The van der Waals surface area contributed by atoms with Gasteiger partial charge in [-0.05, 0) is 41.0 Å². The van der Waals surface area contributed by atoms with Crippen LogP contribution in [0.25, 0.3) is 0 Å². The molecule has 0 bridgehead atoms. The molecule has 0 saturated carbocycles. The summed E-state index contributed by atoms with van der Waals surface area (Å²) < 4.78 is 15.2. The first-order valence-corrected chi connectivity index (χ1v) is 8.00. The lowest BCUT2D eigenvalue weighted by molar-refractivity contribution is -0.163. The molecule has 7 nitrogen and oxygen atoms in total. The van der Waals surface area contributed by atoms with Gasteiger partial charge in [0.15, 0.2) is 0 Å². The maximum atomic E-state index is 12.4. The molecule has 7 heteroatoms. The molecule has 23 heavy (non-hydrogen) atoms. The lowest BCUT2D eigenvalue weighted by Crippen LogP contribution is -2.52. The fraction of sp³-hybridized carbons (Fsp3) is 0.812. The third kappa shape index (κ3) is 7.85. The van der Waals surface area contributed by atoms with Gasteiger partial charge in [0.05, 0.1) is 13.2 Å². The minimum absolute atomic E-state index is 0.102. The summed E-state index contributed by atoms with van der Waals surface area (Å²) >= 11 is 0. The summed E-state index contributed by atoms with van der Waals surface area (Å²) in [4.78, 5) is 37.8. The summed E-state index contributed by atoms with van der Waals surface area (Å²) in [7, 11) is 0. The predicted molar refractivity (Wildman–Crippen MR) is 84.9 cm³/mol. The van der Waals surface area contributed by atoms with Gasteiger partial charge in [-0.2, -0.15) is 0 Å². The van der Waals surface area contributed by atoms with E-state index in [1.807, 2.05) is 6.92 Å². The molecule has 0 N–H and O–H groups in total. The first kappa shape index (κ1) is 21.2. The summed E-state index contributed by atoms with van der Waals surface area (Å²) in [5, 5.41) is 0. The summed E-state index contributed by atoms with van der Waals surface area (Å²) in [6.07, 6.45) is 0.670. The number of hydrogen-bond acceptors (Lipinski definition) is 6. The molecule has 0 aromatic heterocycles. The van der Waals surface area contributed by atoms with Crippen molar-refractivity contribution in [2.45, 2.75) is 66.0 Å². The number of unbranched alkanes of at least 4 members (excludes halogenated alkanes) is 1. The Morgan fingerprint density at radius 3 is 1.78 bits per heavy atom. The highest BCUT2D eigenvalue weighted by molar-refractivity contribution is 6.01. The third-order valence-corrected chi connectivity index (χ3v) is 2.71. The van der Waals surface area contributed by atoms with Crippen LogP contribution in [0.3, 0.4) is 0 Å². The average Bonchev–Trinajstić information content (AvgIpc) is 2.41. The van der Waals surface area contributed by atoms with Crippen LogP contribution in [0.4, 0.5) is 4.79 Å². The number of hydrogen-bond donors (Lipinski definition) is 0. The Balaban J connectivity index is 5.47. The van der Waals surface area contributed by atoms with Gasteiger partial charge in [-0.15, -0.1) is 0 Å². The van der Waals surface area contributed by atoms with Crippen molar-refractivity contribution in [3.8, 4) is 0 Å². The maximum absolute atomic E-state index is 12.4. The van der Waals surface area contributed by atoms with E-state index >= 15 is 0 Å². The minimum atomic E-state index is -1.45. The lowest BCUT2D eigenvalue weighted by Gasteiger charge is -2.31. The van der Waals surface area contributed by atoms with Gasteiger partial charge in [0.25, 0.3) is 0 Å². The molecule has 0 aromatic rings. The maximum Gasteiger partial charge on any atom is 0.411 e. The Labute approximate surface area is 138 Å². The number of carbonyl (C=O) groups is 3. The highest BCUT2D eigenvalue weighted by atomic mass is 16.6. The van der Waals surface area contributed by atoms with Gasteiger partial charge in [0.1, 0.15) is 5.60 Å². The van der Waals surface area contributed by atoms with Gasteiger partial charge in [-0.1, -0.05) is 13.3 Å². The molecular weight excluding hydrogens is 302 g/mol. The molecule has 0 radical (unpaired) electrons. The smallest absolute Gasteiger partial charge is 0.411 e. The quantitative estimate of drug-likeness (QED) is 0.386. The van der Waals surface area contributed by atoms with E-state index in [1.165, 1.54) is 0 Å². The van der Waals surface area contributed by atoms with Gasteiger partial charge in [-0.3, -0.25) is 4.90 Å². The second-order valence-electron chi connectivity index (χ2n) is 5.93. The zero-order valence-electron chi connectivity index (χ0n) is 15.0. The SMILES string of the molecule is CCCCN(C(=O)OC(C)(C)C)C(C(=O)OCC)C(=O)OCC. The third-order valence-electron chi connectivity index (χ3n) is 2.71. The Kier molecular flexibility index (Phi) is 9.29. The van der Waals surface area contributed by atoms with Crippen molar-refractivity contribution >= 4 is 18.0 Å². The number of carbonyl (C=O) groups excluding carboxylic acids is 3. The Bertz CT molecular complexity index is 384. The van der Waals surface area contributed by atoms with Crippen LogP contribution in [0.5, 0.6) is 0 Å². The van der Waals surface area contributed by atoms with Gasteiger partial charge in [0, 0.05) is 6.54 Å². The van der Waals surface area contributed by atoms with Gasteiger partial charge < -0.3 is 14.2 Å². The fourth-order valence-electron chi connectivity index (χ4n) is 1.77. The number of amides is 1. The molecule has 0 fully saturated rings. The highest BCUT2D eigenvalue weighted by Crippen LogP contribution is 2.15. The molecule has 0 unspecified atom stereocenters. The second kappa shape index (κ2) is 10.1. The Morgan fingerprint density at radius 2 is 1.43 bits per heavy atom. The van der Waals surface area contributed by atoms with E-state index in [0.29, 0.717) is 6.42 Å². The van der Waals surface area contributed by atoms with Crippen LogP contribution in [-0.2, 0) is 23.8 Å². The summed E-state index contributed by atoms with van der Waals surface area (Å²) in [5.41, 5.74) is -0.741. The van der Waals surface area contributed by atoms with Crippen molar-refractivity contribution < 1.29 is 28.6 Å². The molecule has 1 amide bonds. The largest absolute Gasteiger partial charge is 0.464 e. The van der Waals surface area contributed by atoms with E-state index < -0.39 is 29.7 Å². The van der Waals surface area contributed by atoms with E-state index in [2.05, 4.69) is 0 Å². The molecule has 134 valence electrons.